The minimum absolute atomic E-state index is 0.0185. The maximum atomic E-state index is 6.49. The first-order valence-electron chi connectivity index (χ1n) is 13.1. The molecular formula is C27H41Cl2N5O3. The van der Waals surface area contributed by atoms with Crippen molar-refractivity contribution in [1.82, 2.24) is 9.97 Å². The molecule has 2 aliphatic rings. The molecule has 1 saturated carbocycles. The maximum Gasteiger partial charge on any atom is 0.137 e. The molecular weight excluding hydrogens is 513 g/mol. The van der Waals surface area contributed by atoms with Crippen molar-refractivity contribution in [3.8, 4) is 11.1 Å². The number of anilines is 2. The van der Waals surface area contributed by atoms with E-state index in [1.54, 1.807) is 26.6 Å². The van der Waals surface area contributed by atoms with Gasteiger partial charge >= 0.3 is 0 Å². The molecule has 0 amide bonds. The highest BCUT2D eigenvalue weighted by Gasteiger charge is 2.17. The van der Waals surface area contributed by atoms with Gasteiger partial charge < -0.3 is 30.6 Å². The fourth-order valence-corrected chi connectivity index (χ4v) is 5.01. The second kappa shape index (κ2) is 16.3. The number of rotatable bonds is 10. The lowest BCUT2D eigenvalue weighted by Crippen LogP contribution is -2.30. The summed E-state index contributed by atoms with van der Waals surface area (Å²) in [4.78, 5) is 8.86. The Hall–Kier alpha value is -1.68. The molecule has 0 unspecified atom stereocenters. The molecule has 2 aromatic rings. The van der Waals surface area contributed by atoms with Crippen molar-refractivity contribution in [2.45, 2.75) is 57.0 Å². The molecule has 206 valence electrons. The van der Waals surface area contributed by atoms with Crippen LogP contribution < -0.4 is 16.4 Å². The summed E-state index contributed by atoms with van der Waals surface area (Å²) in [6.07, 6.45) is 11.9. The Morgan fingerprint density at radius 3 is 2.35 bits per heavy atom. The van der Waals surface area contributed by atoms with Crippen molar-refractivity contribution in [2.24, 2.45) is 11.7 Å². The molecule has 1 aliphatic carbocycles. The summed E-state index contributed by atoms with van der Waals surface area (Å²) < 4.78 is 14.9. The van der Waals surface area contributed by atoms with Crippen LogP contribution in [0.3, 0.4) is 0 Å². The number of hydrogen-bond donors (Lipinski definition) is 3. The molecule has 0 atom stereocenters. The minimum atomic E-state index is 0.0185. The van der Waals surface area contributed by atoms with Gasteiger partial charge in [-0.2, -0.15) is 0 Å². The summed E-state index contributed by atoms with van der Waals surface area (Å²) in [5.41, 5.74) is 8.07. The van der Waals surface area contributed by atoms with Crippen molar-refractivity contribution in [3.63, 3.8) is 0 Å². The van der Waals surface area contributed by atoms with Gasteiger partial charge in [0.05, 0.1) is 36.2 Å². The summed E-state index contributed by atoms with van der Waals surface area (Å²) in [5, 5.41) is 8.08. The van der Waals surface area contributed by atoms with E-state index >= 15 is 0 Å². The van der Waals surface area contributed by atoms with E-state index in [1.807, 2.05) is 12.1 Å². The molecule has 0 spiro atoms. The molecule has 0 bridgehead atoms. The first-order valence-corrected chi connectivity index (χ1v) is 13.9. The van der Waals surface area contributed by atoms with Crippen molar-refractivity contribution in [2.75, 3.05) is 57.8 Å². The summed E-state index contributed by atoms with van der Waals surface area (Å²) >= 11 is 12.9. The highest BCUT2D eigenvalue weighted by molar-refractivity contribution is 6.36. The van der Waals surface area contributed by atoms with Gasteiger partial charge in [0.1, 0.15) is 11.0 Å². The van der Waals surface area contributed by atoms with Gasteiger partial charge in [-0.3, -0.25) is 0 Å². The number of aromatic nitrogens is 2. The third kappa shape index (κ3) is 10.2. The molecule has 8 nitrogen and oxygen atoms in total. The second-order valence-electron chi connectivity index (χ2n) is 9.70. The van der Waals surface area contributed by atoms with E-state index in [9.17, 15) is 0 Å². The molecule has 1 saturated heterocycles. The predicted octanol–water partition coefficient (Wildman–Crippen LogP) is 5.64. The molecule has 0 radical (unpaired) electrons. The summed E-state index contributed by atoms with van der Waals surface area (Å²) in [7, 11) is 3.24. The van der Waals surface area contributed by atoms with Gasteiger partial charge in [0.15, 0.2) is 0 Å². The van der Waals surface area contributed by atoms with E-state index in [0.29, 0.717) is 35.3 Å². The van der Waals surface area contributed by atoms with Gasteiger partial charge in [0.2, 0.25) is 0 Å². The standard InChI is InChI=1S/C22H28Cl2N4O.C5H13NO2/c23-20-14-26-21(28-16-4-2-1-3-5-16)11-18(20)19-10-17(13-27-22(19)24)25-12-15-6-8-29-9-7-15;1-7-3-5(6)4-8-2/h10-11,13-16,25H,1-9,12H2,(H,26,28);5H,3-4,6H2,1-2H3. The second-order valence-corrected chi connectivity index (χ2v) is 10.5. The van der Waals surface area contributed by atoms with Gasteiger partial charge in [-0.05, 0) is 43.7 Å². The summed E-state index contributed by atoms with van der Waals surface area (Å²) in [6.45, 7) is 3.73. The van der Waals surface area contributed by atoms with Crippen LogP contribution in [0, 0.1) is 5.92 Å². The van der Waals surface area contributed by atoms with Crippen LogP contribution in [0.15, 0.2) is 24.5 Å². The number of nitrogens with zero attached hydrogens (tertiary/aromatic N) is 2. The number of hydrogen-bond acceptors (Lipinski definition) is 8. The number of ether oxygens (including phenoxy) is 3. The van der Waals surface area contributed by atoms with Crippen molar-refractivity contribution < 1.29 is 14.2 Å². The molecule has 2 aromatic heterocycles. The van der Waals surface area contributed by atoms with Crippen LogP contribution in [-0.2, 0) is 14.2 Å². The van der Waals surface area contributed by atoms with E-state index in [0.717, 1.165) is 55.2 Å². The predicted molar refractivity (Wildman–Crippen MR) is 152 cm³/mol. The fourth-order valence-electron chi connectivity index (χ4n) is 4.60. The molecule has 2 fully saturated rings. The van der Waals surface area contributed by atoms with Crippen molar-refractivity contribution >= 4 is 34.7 Å². The average molecular weight is 555 g/mol. The first-order chi connectivity index (χ1) is 18.0. The lowest BCUT2D eigenvalue weighted by Gasteiger charge is -2.24. The van der Waals surface area contributed by atoms with Crippen LogP contribution in [0.2, 0.25) is 10.2 Å². The quantitative estimate of drug-likeness (QED) is 0.324. The molecule has 10 heteroatoms. The zero-order chi connectivity index (χ0) is 26.5. The molecule has 3 heterocycles. The number of methoxy groups -OCH3 is 2. The Kier molecular flexibility index (Phi) is 13.2. The number of nitrogens with one attached hydrogen (secondary N) is 2. The van der Waals surface area contributed by atoms with Crippen LogP contribution >= 0.6 is 23.2 Å². The molecule has 37 heavy (non-hydrogen) atoms. The van der Waals surface area contributed by atoms with Crippen molar-refractivity contribution in [3.05, 3.63) is 34.7 Å². The van der Waals surface area contributed by atoms with Gasteiger partial charge in [0, 0.05) is 57.3 Å². The zero-order valence-corrected chi connectivity index (χ0v) is 23.5. The van der Waals surface area contributed by atoms with Gasteiger partial charge in [-0.1, -0.05) is 42.5 Å². The highest BCUT2D eigenvalue weighted by atomic mass is 35.5. The summed E-state index contributed by atoms with van der Waals surface area (Å²) in [5.74, 6) is 1.46. The number of pyridine rings is 2. The summed E-state index contributed by atoms with van der Waals surface area (Å²) in [6, 6.07) is 4.51. The van der Waals surface area contributed by atoms with Crippen LogP contribution in [-0.4, -0.2) is 69.2 Å². The van der Waals surface area contributed by atoms with E-state index in [2.05, 4.69) is 20.6 Å². The minimum Gasteiger partial charge on any atom is -0.384 e. The third-order valence-electron chi connectivity index (χ3n) is 6.64. The molecule has 4 N–H and O–H groups in total. The van der Waals surface area contributed by atoms with E-state index in [-0.39, 0.29) is 6.04 Å². The average Bonchev–Trinajstić information content (AvgIpc) is 2.91. The van der Waals surface area contributed by atoms with Crippen LogP contribution in [0.25, 0.3) is 11.1 Å². The van der Waals surface area contributed by atoms with E-state index in [1.165, 1.54) is 32.1 Å². The first kappa shape index (κ1) is 29.9. The fraction of sp³-hybridized carbons (Fsp3) is 0.630. The highest BCUT2D eigenvalue weighted by Crippen LogP contribution is 2.35. The van der Waals surface area contributed by atoms with Gasteiger partial charge in [-0.15, -0.1) is 0 Å². The Morgan fingerprint density at radius 2 is 1.68 bits per heavy atom. The van der Waals surface area contributed by atoms with Crippen LogP contribution in [0.1, 0.15) is 44.9 Å². The monoisotopic (exact) mass is 553 g/mol. The van der Waals surface area contributed by atoms with Gasteiger partial charge in [-0.25, -0.2) is 9.97 Å². The smallest absolute Gasteiger partial charge is 0.137 e. The lowest BCUT2D eigenvalue weighted by molar-refractivity contribution is 0.0699. The van der Waals surface area contributed by atoms with Crippen LogP contribution in [0.4, 0.5) is 11.5 Å². The SMILES string of the molecule is COCC(N)COC.Clc1cnc(NC2CCCCC2)cc1-c1cc(NCC2CCOCC2)cnc1Cl. The van der Waals surface area contributed by atoms with Gasteiger partial charge in [0.25, 0.3) is 0 Å². The maximum absolute atomic E-state index is 6.49. The van der Waals surface area contributed by atoms with Crippen molar-refractivity contribution in [1.29, 1.82) is 0 Å². The number of nitrogens with two attached hydrogens (primary N) is 1. The Balaban J connectivity index is 0.000000414. The zero-order valence-electron chi connectivity index (χ0n) is 22.0. The largest absolute Gasteiger partial charge is 0.384 e. The van der Waals surface area contributed by atoms with E-state index < -0.39 is 0 Å². The Bertz CT molecular complexity index is 934. The molecule has 1 aliphatic heterocycles. The number of halogens is 2. The normalized spacial score (nSPS) is 16.8. The van der Waals surface area contributed by atoms with E-state index in [4.69, 9.17) is 43.1 Å². The molecule has 4 rings (SSSR count). The Labute approximate surface area is 231 Å². The Morgan fingerprint density at radius 1 is 0.973 bits per heavy atom. The van der Waals surface area contributed by atoms with Crippen LogP contribution in [0.5, 0.6) is 0 Å². The molecule has 0 aromatic carbocycles. The lowest BCUT2D eigenvalue weighted by atomic mass is 9.95. The third-order valence-corrected chi connectivity index (χ3v) is 7.24. The topological polar surface area (TPSA) is 104 Å².